The van der Waals surface area contributed by atoms with Crippen LogP contribution in [0.5, 0.6) is 11.5 Å². The monoisotopic (exact) mass is 561 g/mol. The van der Waals surface area contributed by atoms with Crippen molar-refractivity contribution >= 4 is 56.2 Å². The number of fused-ring (bicyclic) bond motifs is 1. The maximum absolute atomic E-state index is 14.6. The van der Waals surface area contributed by atoms with Crippen LogP contribution in [0.4, 0.5) is 4.39 Å². The Labute approximate surface area is 238 Å². The van der Waals surface area contributed by atoms with E-state index >= 15 is 0 Å². The number of allylic oxidation sites excluding steroid dienone is 1. The van der Waals surface area contributed by atoms with Crippen LogP contribution in [0.3, 0.4) is 0 Å². The number of aromatic nitrogens is 1. The molecule has 0 saturated heterocycles. The molecule has 2 amide bonds. The molecule has 0 bridgehead atoms. The Kier molecular flexibility index (Phi) is 9.27. The molecule has 0 spiro atoms. The summed E-state index contributed by atoms with van der Waals surface area (Å²) in [6.45, 7) is 7.49. The molecule has 0 fully saturated rings. The molecular formula is C27H27B2ClFN5O4. The van der Waals surface area contributed by atoms with Gasteiger partial charge < -0.3 is 26.2 Å². The zero-order chi connectivity index (χ0) is 29.8. The molecule has 1 aromatic heterocycles. The summed E-state index contributed by atoms with van der Waals surface area (Å²) < 4.78 is 20.7. The first-order valence-corrected chi connectivity index (χ1v) is 12.4. The van der Waals surface area contributed by atoms with E-state index in [9.17, 15) is 19.1 Å². The predicted molar refractivity (Wildman–Crippen MR) is 154 cm³/mol. The highest BCUT2D eigenvalue weighted by atomic mass is 35.5. The molecule has 0 aliphatic heterocycles. The third-order valence-corrected chi connectivity index (χ3v) is 5.55. The summed E-state index contributed by atoms with van der Waals surface area (Å²) in [7, 11) is 10.4. The number of nitrogens with zero attached hydrogens (tertiary/aromatic N) is 2. The fourth-order valence-corrected chi connectivity index (χ4v) is 3.90. The van der Waals surface area contributed by atoms with Gasteiger partial charge in [-0.2, -0.15) is 0 Å². The minimum Gasteiger partial charge on any atom is -0.455 e. The van der Waals surface area contributed by atoms with Gasteiger partial charge in [-0.15, -0.1) is 0 Å². The molecule has 0 unspecified atom stereocenters. The van der Waals surface area contributed by atoms with E-state index in [-0.39, 0.29) is 45.3 Å². The summed E-state index contributed by atoms with van der Waals surface area (Å²) in [6, 6.07) is 7.07. The summed E-state index contributed by atoms with van der Waals surface area (Å²) in [4.78, 5) is 33.4. The molecule has 0 aliphatic carbocycles. The van der Waals surface area contributed by atoms with E-state index in [0.717, 1.165) is 6.07 Å². The van der Waals surface area contributed by atoms with Crippen molar-refractivity contribution < 1.29 is 23.8 Å². The van der Waals surface area contributed by atoms with Crippen molar-refractivity contribution in [3.63, 3.8) is 0 Å². The lowest BCUT2D eigenvalue weighted by Crippen LogP contribution is -2.49. The zero-order valence-electron chi connectivity index (χ0n) is 22.4. The topological polar surface area (TPSA) is 139 Å². The van der Waals surface area contributed by atoms with E-state index < -0.39 is 22.8 Å². The number of hydrogen-bond donors (Lipinski definition) is 4. The van der Waals surface area contributed by atoms with Crippen LogP contribution in [-0.4, -0.2) is 54.9 Å². The number of carbonyl (C=O) groups excluding carboxylic acids is 2. The van der Waals surface area contributed by atoms with Gasteiger partial charge in [0, 0.05) is 35.6 Å². The first-order valence-electron chi connectivity index (χ1n) is 12.0. The summed E-state index contributed by atoms with van der Waals surface area (Å²) in [5.41, 5.74) is 4.08. The second-order valence-electron chi connectivity index (χ2n) is 10.0. The van der Waals surface area contributed by atoms with E-state index in [1.807, 2.05) is 26.1 Å². The Morgan fingerprint density at radius 3 is 2.55 bits per heavy atom. The summed E-state index contributed by atoms with van der Waals surface area (Å²) in [5, 5.41) is 14.5. The van der Waals surface area contributed by atoms with Gasteiger partial charge in [-0.05, 0) is 57.0 Å². The standard InChI is InChI=1S/C27H27B2ClFN5O4/c1-14-7-15(9-23(37)35-16(12-32)13-34-26(2,3)4)8-19(30)24(14)40-22-5-6-33-21-11-20(31)17(10-18(21)22)25(38)36-27(28,29)39/h5-8,10-13,39H,9,32H2,1-4H3,(H,35,37)(H,36,38)/b16-12+,34-13?. The van der Waals surface area contributed by atoms with Crippen LogP contribution in [0, 0.1) is 12.7 Å². The van der Waals surface area contributed by atoms with Crippen LogP contribution < -0.4 is 21.1 Å². The number of amides is 2. The molecule has 13 heteroatoms. The fourth-order valence-electron chi connectivity index (χ4n) is 3.57. The third kappa shape index (κ3) is 8.30. The molecule has 0 aliphatic rings. The minimum absolute atomic E-state index is 0.00606. The van der Waals surface area contributed by atoms with Crippen molar-refractivity contribution in [1.29, 1.82) is 0 Å². The number of ether oxygens (including phenoxy) is 1. The van der Waals surface area contributed by atoms with Gasteiger partial charge >= 0.3 is 0 Å². The number of aryl methyl sites for hydroxylation is 1. The van der Waals surface area contributed by atoms with Gasteiger partial charge in [0.1, 0.15) is 33.0 Å². The van der Waals surface area contributed by atoms with Gasteiger partial charge in [0.15, 0.2) is 0 Å². The maximum atomic E-state index is 14.6. The van der Waals surface area contributed by atoms with Crippen molar-refractivity contribution in [2.75, 3.05) is 0 Å². The molecule has 40 heavy (non-hydrogen) atoms. The highest BCUT2D eigenvalue weighted by Gasteiger charge is 2.21. The number of rotatable bonds is 8. The Bertz CT molecular complexity index is 1490. The van der Waals surface area contributed by atoms with E-state index in [4.69, 9.17) is 37.8 Å². The molecule has 1 heterocycles. The van der Waals surface area contributed by atoms with Crippen molar-refractivity contribution in [3.05, 3.63) is 76.0 Å². The molecule has 3 rings (SSSR count). The summed E-state index contributed by atoms with van der Waals surface area (Å²) in [5.74, 6) is -1.77. The van der Waals surface area contributed by atoms with Crippen LogP contribution in [0.2, 0.25) is 5.02 Å². The van der Waals surface area contributed by atoms with E-state index in [1.54, 1.807) is 19.1 Å². The van der Waals surface area contributed by atoms with Gasteiger partial charge in [-0.1, -0.05) is 17.7 Å². The van der Waals surface area contributed by atoms with Gasteiger partial charge in [0.25, 0.3) is 5.91 Å². The number of aliphatic imine (C=N–C) groups is 1. The molecule has 0 saturated carbocycles. The Balaban J connectivity index is 1.86. The molecular weight excluding hydrogens is 534 g/mol. The van der Waals surface area contributed by atoms with Crippen molar-refractivity contribution in [2.24, 2.45) is 10.7 Å². The number of aliphatic hydroxyl groups is 1. The number of nitrogens with two attached hydrogens (primary N) is 1. The van der Waals surface area contributed by atoms with Crippen LogP contribution in [-0.2, 0) is 11.2 Å². The quantitative estimate of drug-likeness (QED) is 0.189. The molecule has 4 radical (unpaired) electrons. The number of benzene rings is 2. The number of hydrogen-bond acceptors (Lipinski definition) is 7. The van der Waals surface area contributed by atoms with Crippen molar-refractivity contribution in [1.82, 2.24) is 15.6 Å². The highest BCUT2D eigenvalue weighted by molar-refractivity contribution is 6.39. The van der Waals surface area contributed by atoms with E-state index in [1.165, 1.54) is 30.7 Å². The van der Waals surface area contributed by atoms with Gasteiger partial charge in [-0.3, -0.25) is 19.6 Å². The lowest BCUT2D eigenvalue weighted by atomic mass is 9.73. The lowest BCUT2D eigenvalue weighted by molar-refractivity contribution is -0.119. The number of nitrogens with one attached hydrogen (secondary N) is 2. The molecule has 3 aromatic rings. The summed E-state index contributed by atoms with van der Waals surface area (Å²) >= 11 is 6.53. The largest absolute Gasteiger partial charge is 0.455 e. The molecule has 204 valence electrons. The predicted octanol–water partition coefficient (Wildman–Crippen LogP) is 3.13. The second-order valence-corrected chi connectivity index (χ2v) is 10.4. The first kappa shape index (κ1) is 30.6. The third-order valence-electron chi connectivity index (χ3n) is 5.27. The van der Waals surface area contributed by atoms with Crippen molar-refractivity contribution in [3.8, 4) is 11.5 Å². The Hall–Kier alpha value is -3.89. The van der Waals surface area contributed by atoms with Crippen LogP contribution in [0.15, 0.2) is 53.4 Å². The summed E-state index contributed by atoms with van der Waals surface area (Å²) in [6.07, 6.45) is 4.17. The lowest BCUT2D eigenvalue weighted by Gasteiger charge is -2.21. The van der Waals surface area contributed by atoms with Gasteiger partial charge in [0.05, 0.1) is 33.8 Å². The maximum Gasteiger partial charge on any atom is 0.255 e. The zero-order valence-corrected chi connectivity index (χ0v) is 23.1. The average Bonchev–Trinajstić information content (AvgIpc) is 2.81. The van der Waals surface area contributed by atoms with Crippen LogP contribution in [0.25, 0.3) is 10.9 Å². The van der Waals surface area contributed by atoms with E-state index in [2.05, 4.69) is 15.3 Å². The average molecular weight is 562 g/mol. The van der Waals surface area contributed by atoms with Crippen LogP contribution in [0.1, 0.15) is 42.3 Å². The second kappa shape index (κ2) is 12.1. The Morgan fingerprint density at radius 2 is 1.95 bits per heavy atom. The van der Waals surface area contributed by atoms with Crippen LogP contribution >= 0.6 is 11.6 Å². The SMILES string of the molecule is [B]C([B])(O)NC(=O)c1cc2c(Oc3c(C)cc(CC(=O)N/C(C=NC(C)(C)C)=C/N)cc3Cl)ccnc2cc1F. The smallest absolute Gasteiger partial charge is 0.255 e. The molecule has 5 N–H and O–H groups in total. The number of carbonyl (C=O) groups is 2. The molecule has 0 atom stereocenters. The first-order chi connectivity index (χ1) is 18.6. The molecule has 9 nitrogen and oxygen atoms in total. The van der Waals surface area contributed by atoms with Crippen molar-refractivity contribution in [2.45, 2.75) is 45.2 Å². The number of pyridine rings is 1. The minimum atomic E-state index is -2.54. The molecule has 2 aromatic carbocycles. The van der Waals surface area contributed by atoms with Gasteiger partial charge in [-0.25, -0.2) is 4.39 Å². The van der Waals surface area contributed by atoms with E-state index in [0.29, 0.717) is 16.8 Å². The normalized spacial score (nSPS) is 12.5. The highest BCUT2D eigenvalue weighted by Crippen LogP contribution is 2.37. The fraction of sp³-hybridized carbons (Fsp3) is 0.259. The Morgan fingerprint density at radius 1 is 1.25 bits per heavy atom. The van der Waals surface area contributed by atoms with Gasteiger partial charge in [0.2, 0.25) is 5.91 Å². The number of halogens is 2.